The number of furan rings is 1. The van der Waals surface area contributed by atoms with Gasteiger partial charge in [0.25, 0.3) is 0 Å². The minimum absolute atomic E-state index is 0.118. The third-order valence-corrected chi connectivity index (χ3v) is 3.05. The number of carbonyl (C=O) groups excluding carboxylic acids is 1. The summed E-state index contributed by atoms with van der Waals surface area (Å²) in [7, 11) is 0. The van der Waals surface area contributed by atoms with Gasteiger partial charge in [-0.3, -0.25) is 4.79 Å². The van der Waals surface area contributed by atoms with Gasteiger partial charge in [0.15, 0.2) is 5.13 Å². The summed E-state index contributed by atoms with van der Waals surface area (Å²) < 4.78 is 5.15. The molecule has 0 saturated carbocycles. The molecule has 0 saturated heterocycles. The Balaban J connectivity index is 1.83. The van der Waals surface area contributed by atoms with E-state index in [-0.39, 0.29) is 12.5 Å². The number of anilines is 1. The summed E-state index contributed by atoms with van der Waals surface area (Å²) in [5.41, 5.74) is 0. The fourth-order valence-electron chi connectivity index (χ4n) is 1.39. The first kappa shape index (κ1) is 13.3. The lowest BCUT2D eigenvalue weighted by atomic mass is 10.2. The molecule has 0 atom stereocenters. The third kappa shape index (κ3) is 4.25. The number of nitrogens with zero attached hydrogens (tertiary/aromatic N) is 1. The highest BCUT2D eigenvalue weighted by atomic mass is 32.1. The average Bonchev–Trinajstić information content (AvgIpc) is 3.05. The monoisotopic (exact) mass is 276 g/mol. The number of aliphatic hydroxyl groups excluding tert-OH is 1. The van der Waals surface area contributed by atoms with Crippen molar-refractivity contribution in [3.05, 3.63) is 35.2 Å². The zero-order valence-corrected chi connectivity index (χ0v) is 10.9. The molecule has 5 nitrogen and oxygen atoms in total. The number of rotatable bonds is 4. The molecule has 19 heavy (non-hydrogen) atoms. The van der Waals surface area contributed by atoms with E-state index in [0.29, 0.717) is 22.9 Å². The fraction of sp³-hybridized carbons (Fsp3) is 0.231. The molecule has 0 aliphatic heterocycles. The number of carbonyl (C=O) groups is 1. The standard InChI is InChI=1S/C13H12N2O3S/c16-7-1-4-11-9-14-13(19-11)15-12(17)6-5-10-3-2-8-18-10/h2-3,8-9,16H,5-7H2,(H,14,15,17). The van der Waals surface area contributed by atoms with Crippen LogP contribution < -0.4 is 5.32 Å². The second-order valence-corrected chi connectivity index (χ2v) is 4.65. The van der Waals surface area contributed by atoms with E-state index in [1.807, 2.05) is 6.07 Å². The molecule has 0 aliphatic rings. The van der Waals surface area contributed by atoms with Crippen LogP contribution in [0.25, 0.3) is 0 Å². The van der Waals surface area contributed by atoms with Gasteiger partial charge in [-0.05, 0) is 12.1 Å². The maximum absolute atomic E-state index is 11.7. The molecule has 0 spiro atoms. The molecule has 0 aromatic carbocycles. The first-order chi connectivity index (χ1) is 9.28. The van der Waals surface area contributed by atoms with Crippen LogP contribution in [0.15, 0.2) is 29.0 Å². The van der Waals surface area contributed by atoms with Crippen LogP contribution in [0.5, 0.6) is 0 Å². The molecule has 2 N–H and O–H groups in total. The van der Waals surface area contributed by atoms with Crippen molar-refractivity contribution in [3.8, 4) is 11.8 Å². The highest BCUT2D eigenvalue weighted by Crippen LogP contribution is 2.17. The Morgan fingerprint density at radius 1 is 1.58 bits per heavy atom. The van der Waals surface area contributed by atoms with Gasteiger partial charge in [-0.2, -0.15) is 0 Å². The van der Waals surface area contributed by atoms with Gasteiger partial charge in [-0.15, -0.1) is 0 Å². The zero-order chi connectivity index (χ0) is 13.5. The Kier molecular flexibility index (Phi) is 4.72. The van der Waals surface area contributed by atoms with Gasteiger partial charge >= 0.3 is 0 Å². The molecule has 98 valence electrons. The average molecular weight is 276 g/mol. The summed E-state index contributed by atoms with van der Waals surface area (Å²) >= 11 is 1.27. The number of hydrogen-bond donors (Lipinski definition) is 2. The highest BCUT2D eigenvalue weighted by Gasteiger charge is 2.07. The number of hydrogen-bond acceptors (Lipinski definition) is 5. The smallest absolute Gasteiger partial charge is 0.226 e. The van der Waals surface area contributed by atoms with Crippen molar-refractivity contribution in [1.82, 2.24) is 4.98 Å². The Labute approximate surface area is 114 Å². The summed E-state index contributed by atoms with van der Waals surface area (Å²) in [6.45, 7) is -0.192. The molecule has 0 aliphatic carbocycles. The molecular formula is C13H12N2O3S. The number of amides is 1. The molecule has 2 heterocycles. The molecule has 2 aromatic heterocycles. The first-order valence-electron chi connectivity index (χ1n) is 5.65. The third-order valence-electron chi connectivity index (χ3n) is 2.22. The molecular weight excluding hydrogens is 264 g/mol. The predicted octanol–water partition coefficient (Wildman–Crippen LogP) is 1.65. The quantitative estimate of drug-likeness (QED) is 0.833. The van der Waals surface area contributed by atoms with Crippen molar-refractivity contribution in [1.29, 1.82) is 0 Å². The van der Waals surface area contributed by atoms with E-state index in [0.717, 1.165) is 5.76 Å². The Hall–Kier alpha value is -2.10. The zero-order valence-electron chi connectivity index (χ0n) is 10.0. The molecule has 6 heteroatoms. The van der Waals surface area contributed by atoms with E-state index in [1.54, 1.807) is 18.5 Å². The maximum atomic E-state index is 11.7. The largest absolute Gasteiger partial charge is 0.469 e. The van der Waals surface area contributed by atoms with Crippen LogP contribution in [0.1, 0.15) is 17.1 Å². The molecule has 0 radical (unpaired) electrons. The predicted molar refractivity (Wildman–Crippen MR) is 71.7 cm³/mol. The molecule has 1 amide bonds. The highest BCUT2D eigenvalue weighted by molar-refractivity contribution is 7.16. The topological polar surface area (TPSA) is 75.4 Å². The molecule has 0 fully saturated rings. The summed E-state index contributed by atoms with van der Waals surface area (Å²) in [6.07, 6.45) is 4.04. The van der Waals surface area contributed by atoms with Crippen LogP contribution in [-0.2, 0) is 11.2 Å². The van der Waals surface area contributed by atoms with Gasteiger partial charge in [-0.25, -0.2) is 4.98 Å². The van der Waals surface area contributed by atoms with E-state index in [2.05, 4.69) is 22.1 Å². The van der Waals surface area contributed by atoms with E-state index in [1.165, 1.54) is 11.3 Å². The van der Waals surface area contributed by atoms with Crippen molar-refractivity contribution in [3.63, 3.8) is 0 Å². The Bertz CT molecular complexity index is 593. The van der Waals surface area contributed by atoms with Crippen LogP contribution in [0, 0.1) is 11.8 Å². The summed E-state index contributed by atoms with van der Waals surface area (Å²) in [5, 5.41) is 11.8. The van der Waals surface area contributed by atoms with Crippen molar-refractivity contribution >= 4 is 22.4 Å². The number of nitrogens with one attached hydrogen (secondary N) is 1. The normalized spacial score (nSPS) is 9.74. The van der Waals surface area contributed by atoms with Gasteiger partial charge in [0.1, 0.15) is 12.4 Å². The van der Waals surface area contributed by atoms with Gasteiger partial charge in [0.2, 0.25) is 5.91 Å². The van der Waals surface area contributed by atoms with Crippen LogP contribution in [0.2, 0.25) is 0 Å². The summed E-state index contributed by atoms with van der Waals surface area (Å²) in [4.78, 5) is 16.4. The second-order valence-electron chi connectivity index (χ2n) is 3.62. The van der Waals surface area contributed by atoms with Crippen LogP contribution in [0.4, 0.5) is 5.13 Å². The molecule has 0 bridgehead atoms. The minimum atomic E-state index is -0.192. The molecule has 0 unspecified atom stereocenters. The lowest BCUT2D eigenvalue weighted by Gasteiger charge is -1.99. The van der Waals surface area contributed by atoms with Crippen molar-refractivity contribution in [2.24, 2.45) is 0 Å². The van der Waals surface area contributed by atoms with E-state index < -0.39 is 0 Å². The van der Waals surface area contributed by atoms with Gasteiger partial charge in [-0.1, -0.05) is 23.2 Å². The lowest BCUT2D eigenvalue weighted by molar-refractivity contribution is -0.116. The number of aryl methyl sites for hydroxylation is 1. The van der Waals surface area contributed by atoms with Crippen LogP contribution in [-0.4, -0.2) is 22.6 Å². The van der Waals surface area contributed by atoms with Crippen LogP contribution in [0.3, 0.4) is 0 Å². The maximum Gasteiger partial charge on any atom is 0.226 e. The van der Waals surface area contributed by atoms with Crippen molar-refractivity contribution in [2.75, 3.05) is 11.9 Å². The van der Waals surface area contributed by atoms with Crippen LogP contribution >= 0.6 is 11.3 Å². The van der Waals surface area contributed by atoms with E-state index >= 15 is 0 Å². The van der Waals surface area contributed by atoms with Gasteiger partial charge in [0, 0.05) is 12.8 Å². The Morgan fingerprint density at radius 2 is 2.47 bits per heavy atom. The molecule has 2 aromatic rings. The second kappa shape index (κ2) is 6.73. The van der Waals surface area contributed by atoms with Crippen molar-refractivity contribution < 1.29 is 14.3 Å². The molecule has 2 rings (SSSR count). The van der Waals surface area contributed by atoms with E-state index in [4.69, 9.17) is 9.52 Å². The number of aromatic nitrogens is 1. The summed E-state index contributed by atoms with van der Waals surface area (Å²) in [5.74, 6) is 5.92. The Morgan fingerprint density at radius 3 is 3.21 bits per heavy atom. The first-order valence-corrected chi connectivity index (χ1v) is 6.47. The SMILES string of the molecule is O=C(CCc1ccco1)Nc1ncc(C#CCO)s1. The van der Waals surface area contributed by atoms with Crippen molar-refractivity contribution in [2.45, 2.75) is 12.8 Å². The van der Waals surface area contributed by atoms with Gasteiger partial charge < -0.3 is 14.8 Å². The lowest BCUT2D eigenvalue weighted by Crippen LogP contribution is -2.11. The minimum Gasteiger partial charge on any atom is -0.469 e. The van der Waals surface area contributed by atoms with Gasteiger partial charge in [0.05, 0.1) is 17.3 Å². The number of thiazole rings is 1. The summed E-state index contributed by atoms with van der Waals surface area (Å²) in [6, 6.07) is 3.62. The van der Waals surface area contributed by atoms with E-state index in [9.17, 15) is 4.79 Å². The number of aliphatic hydroxyl groups is 1. The fourth-order valence-corrected chi connectivity index (χ4v) is 2.10.